The van der Waals surface area contributed by atoms with Gasteiger partial charge in [0, 0.05) is 12.2 Å². The zero-order valence-corrected chi connectivity index (χ0v) is 11.4. The molecule has 0 bridgehead atoms. The van der Waals surface area contributed by atoms with Crippen LogP contribution in [-0.2, 0) is 5.60 Å². The van der Waals surface area contributed by atoms with Crippen LogP contribution in [0.15, 0.2) is 41.1 Å². The van der Waals surface area contributed by atoms with Gasteiger partial charge < -0.3 is 19.4 Å². The summed E-state index contributed by atoms with van der Waals surface area (Å²) in [5.74, 6) is 0.268. The van der Waals surface area contributed by atoms with Crippen LogP contribution < -0.4 is 5.32 Å². The fraction of sp³-hybridized carbons (Fsp3) is 0.400. The van der Waals surface area contributed by atoms with Gasteiger partial charge in [-0.1, -0.05) is 0 Å². The van der Waals surface area contributed by atoms with Crippen LogP contribution in [0.2, 0.25) is 0 Å². The van der Waals surface area contributed by atoms with Gasteiger partial charge in [-0.25, -0.2) is 0 Å². The monoisotopic (exact) mass is 274 g/mol. The summed E-state index contributed by atoms with van der Waals surface area (Å²) in [5, 5.41) is 13.1. The Balaban J connectivity index is 1.66. The number of aliphatic hydroxyl groups is 1. The van der Waals surface area contributed by atoms with Gasteiger partial charge in [0.2, 0.25) is 0 Å². The van der Waals surface area contributed by atoms with Gasteiger partial charge in [0.1, 0.15) is 17.1 Å². The average molecular weight is 274 g/mol. The lowest BCUT2D eigenvalue weighted by Crippen LogP contribution is -2.39. The van der Waals surface area contributed by atoms with E-state index in [4.69, 9.17) is 4.42 Å². The fourth-order valence-corrected chi connectivity index (χ4v) is 2.27. The largest absolute Gasteiger partial charge is 0.466 e. The van der Waals surface area contributed by atoms with E-state index < -0.39 is 5.60 Å². The molecule has 2 heterocycles. The van der Waals surface area contributed by atoms with Crippen molar-refractivity contribution >= 4 is 5.91 Å². The van der Waals surface area contributed by atoms with Crippen LogP contribution in [0.4, 0.5) is 0 Å². The summed E-state index contributed by atoms with van der Waals surface area (Å²) in [6.45, 7) is 1.72. The molecule has 2 aromatic heterocycles. The topological polar surface area (TPSA) is 67.4 Å². The van der Waals surface area contributed by atoms with E-state index in [1.807, 2.05) is 16.8 Å². The van der Waals surface area contributed by atoms with Gasteiger partial charge in [-0.2, -0.15) is 0 Å². The summed E-state index contributed by atoms with van der Waals surface area (Å²) in [4.78, 5) is 12.2. The molecule has 0 saturated heterocycles. The highest BCUT2D eigenvalue weighted by molar-refractivity contribution is 5.92. The lowest BCUT2D eigenvalue weighted by atomic mass is 10.0. The SMILES string of the molecule is CC(O)(CNC(=O)c1cccn1C1CC1)c1ccco1. The van der Waals surface area contributed by atoms with Gasteiger partial charge in [0.25, 0.3) is 5.91 Å². The molecule has 0 spiro atoms. The maximum absolute atomic E-state index is 12.2. The molecule has 3 rings (SSSR count). The van der Waals surface area contributed by atoms with E-state index in [9.17, 15) is 9.90 Å². The van der Waals surface area contributed by atoms with E-state index in [-0.39, 0.29) is 12.5 Å². The van der Waals surface area contributed by atoms with Crippen molar-refractivity contribution in [3.05, 3.63) is 48.2 Å². The molecule has 0 radical (unpaired) electrons. The van der Waals surface area contributed by atoms with Gasteiger partial charge in [0.15, 0.2) is 0 Å². The van der Waals surface area contributed by atoms with Crippen LogP contribution >= 0.6 is 0 Å². The van der Waals surface area contributed by atoms with E-state index in [2.05, 4.69) is 5.32 Å². The molecule has 1 saturated carbocycles. The third-order valence-corrected chi connectivity index (χ3v) is 3.60. The third-order valence-electron chi connectivity index (χ3n) is 3.60. The molecule has 1 fully saturated rings. The molecule has 1 aliphatic carbocycles. The van der Waals surface area contributed by atoms with Gasteiger partial charge in [-0.3, -0.25) is 4.79 Å². The highest BCUT2D eigenvalue weighted by Gasteiger charge is 2.29. The minimum Gasteiger partial charge on any atom is -0.466 e. The second-order valence-corrected chi connectivity index (χ2v) is 5.47. The zero-order chi connectivity index (χ0) is 14.2. The van der Waals surface area contributed by atoms with Crippen molar-refractivity contribution in [2.45, 2.75) is 31.4 Å². The Hall–Kier alpha value is -2.01. The van der Waals surface area contributed by atoms with Crippen LogP contribution in [0, 0.1) is 0 Å². The van der Waals surface area contributed by atoms with E-state index in [1.54, 1.807) is 25.1 Å². The van der Waals surface area contributed by atoms with Crippen molar-refractivity contribution in [1.82, 2.24) is 9.88 Å². The number of nitrogens with zero attached hydrogens (tertiary/aromatic N) is 1. The van der Waals surface area contributed by atoms with Crippen molar-refractivity contribution in [2.24, 2.45) is 0 Å². The molecule has 1 atom stereocenters. The Labute approximate surface area is 117 Å². The second kappa shape index (κ2) is 4.83. The molecule has 2 N–H and O–H groups in total. The van der Waals surface area contributed by atoms with Crippen LogP contribution in [0.5, 0.6) is 0 Å². The van der Waals surface area contributed by atoms with E-state index in [0.29, 0.717) is 17.5 Å². The molecule has 0 aliphatic heterocycles. The van der Waals surface area contributed by atoms with Crippen LogP contribution in [0.25, 0.3) is 0 Å². The molecule has 1 unspecified atom stereocenters. The highest BCUT2D eigenvalue weighted by Crippen LogP contribution is 2.36. The van der Waals surface area contributed by atoms with Crippen LogP contribution in [-0.4, -0.2) is 22.1 Å². The summed E-state index contributed by atoms with van der Waals surface area (Å²) in [6, 6.07) is 7.53. The van der Waals surface area contributed by atoms with Crippen molar-refractivity contribution in [3.8, 4) is 0 Å². The van der Waals surface area contributed by atoms with Crippen molar-refractivity contribution < 1.29 is 14.3 Å². The quantitative estimate of drug-likeness (QED) is 0.877. The van der Waals surface area contributed by atoms with Crippen molar-refractivity contribution in [1.29, 1.82) is 0 Å². The van der Waals surface area contributed by atoms with E-state index in [1.165, 1.54) is 6.26 Å². The Morgan fingerprint density at radius 2 is 2.30 bits per heavy atom. The fourth-order valence-electron chi connectivity index (χ4n) is 2.27. The molecule has 5 nitrogen and oxygen atoms in total. The molecule has 20 heavy (non-hydrogen) atoms. The predicted octanol–water partition coefficient (Wildman–Crippen LogP) is 2.05. The van der Waals surface area contributed by atoms with Crippen LogP contribution in [0.3, 0.4) is 0 Å². The molecule has 5 heteroatoms. The predicted molar refractivity (Wildman–Crippen MR) is 73.3 cm³/mol. The Morgan fingerprint density at radius 1 is 1.50 bits per heavy atom. The molecular weight excluding hydrogens is 256 g/mol. The molecule has 1 aliphatic rings. The molecular formula is C15H18N2O3. The van der Waals surface area contributed by atoms with Crippen LogP contribution in [0.1, 0.15) is 42.1 Å². The Kier molecular flexibility index (Phi) is 3.14. The Morgan fingerprint density at radius 3 is 2.95 bits per heavy atom. The minimum absolute atomic E-state index is 0.106. The smallest absolute Gasteiger partial charge is 0.268 e. The molecule has 106 valence electrons. The highest BCUT2D eigenvalue weighted by atomic mass is 16.4. The summed E-state index contributed by atoms with van der Waals surface area (Å²) < 4.78 is 7.18. The summed E-state index contributed by atoms with van der Waals surface area (Å²) in [5.41, 5.74) is -0.571. The number of hydrogen-bond donors (Lipinski definition) is 2. The van der Waals surface area contributed by atoms with Gasteiger partial charge in [-0.15, -0.1) is 0 Å². The first-order chi connectivity index (χ1) is 9.58. The number of rotatable bonds is 5. The summed E-state index contributed by atoms with van der Waals surface area (Å²) in [7, 11) is 0. The Bertz CT molecular complexity index is 594. The number of nitrogens with one attached hydrogen (secondary N) is 1. The van der Waals surface area contributed by atoms with E-state index >= 15 is 0 Å². The number of carbonyl (C=O) groups is 1. The van der Waals surface area contributed by atoms with Crippen molar-refractivity contribution in [3.63, 3.8) is 0 Å². The van der Waals surface area contributed by atoms with E-state index in [0.717, 1.165) is 12.8 Å². The molecule has 1 amide bonds. The molecule has 2 aromatic rings. The molecule has 0 aromatic carbocycles. The lowest BCUT2D eigenvalue weighted by Gasteiger charge is -2.21. The zero-order valence-electron chi connectivity index (χ0n) is 11.4. The standard InChI is InChI=1S/C15H18N2O3/c1-15(19,13-5-3-9-20-13)10-16-14(18)12-4-2-8-17(12)11-6-7-11/h2-5,8-9,11,19H,6-7,10H2,1H3,(H,16,18). The maximum Gasteiger partial charge on any atom is 0.268 e. The number of furan rings is 1. The number of carbonyl (C=O) groups excluding carboxylic acids is 1. The van der Waals surface area contributed by atoms with Gasteiger partial charge in [0.05, 0.1) is 12.8 Å². The number of aromatic nitrogens is 1. The first-order valence-corrected chi connectivity index (χ1v) is 6.79. The summed E-state index contributed by atoms with van der Waals surface area (Å²) >= 11 is 0. The average Bonchev–Trinajstić information content (AvgIpc) is 2.96. The van der Waals surface area contributed by atoms with Gasteiger partial charge in [-0.05, 0) is 44.0 Å². The summed E-state index contributed by atoms with van der Waals surface area (Å²) in [6.07, 6.45) is 5.68. The number of hydrogen-bond acceptors (Lipinski definition) is 3. The lowest BCUT2D eigenvalue weighted by molar-refractivity contribution is 0.0329. The van der Waals surface area contributed by atoms with Crippen molar-refractivity contribution in [2.75, 3.05) is 6.54 Å². The third kappa shape index (κ3) is 2.49. The first-order valence-electron chi connectivity index (χ1n) is 6.79. The normalized spacial score (nSPS) is 17.7. The number of amides is 1. The minimum atomic E-state index is -1.21. The van der Waals surface area contributed by atoms with Gasteiger partial charge >= 0.3 is 0 Å². The first kappa shape index (κ1) is 13.0. The maximum atomic E-state index is 12.2. The second-order valence-electron chi connectivity index (χ2n) is 5.47.